The molecule has 0 saturated heterocycles. The first-order chi connectivity index (χ1) is 13.0. The average Bonchev–Trinajstić information content (AvgIpc) is 2.68. The summed E-state index contributed by atoms with van der Waals surface area (Å²) in [7, 11) is 1.80. The zero-order chi connectivity index (χ0) is 19.2. The summed E-state index contributed by atoms with van der Waals surface area (Å²) in [6.45, 7) is 0.550. The Morgan fingerprint density at radius 2 is 1.81 bits per heavy atom. The molecule has 0 atom stereocenters. The van der Waals surface area contributed by atoms with Gasteiger partial charge in [-0.05, 0) is 29.8 Å². The highest BCUT2D eigenvalue weighted by atomic mass is 35.5. The molecule has 0 aliphatic carbocycles. The smallest absolute Gasteiger partial charge is 0.251 e. The molecule has 0 aliphatic heterocycles. The molecule has 5 nitrogen and oxygen atoms in total. The molecule has 1 aromatic heterocycles. The fourth-order valence-corrected chi connectivity index (χ4v) is 2.67. The van der Waals surface area contributed by atoms with Crippen molar-refractivity contribution in [2.45, 2.75) is 13.2 Å². The van der Waals surface area contributed by atoms with Gasteiger partial charge in [-0.15, -0.1) is 0 Å². The van der Waals surface area contributed by atoms with Crippen molar-refractivity contribution in [2.75, 3.05) is 0 Å². The summed E-state index contributed by atoms with van der Waals surface area (Å²) in [4.78, 5) is 24.5. The third-order valence-corrected chi connectivity index (χ3v) is 4.33. The van der Waals surface area contributed by atoms with E-state index >= 15 is 0 Å². The van der Waals surface area contributed by atoms with Crippen LogP contribution in [0.5, 0.6) is 5.75 Å². The summed E-state index contributed by atoms with van der Waals surface area (Å²) in [5, 5.41) is 3.37. The zero-order valence-corrected chi connectivity index (χ0v) is 15.6. The van der Waals surface area contributed by atoms with E-state index in [9.17, 15) is 9.59 Å². The van der Waals surface area contributed by atoms with E-state index in [1.807, 2.05) is 30.3 Å². The molecule has 0 aliphatic rings. The number of carbonyl (C=O) groups excluding carboxylic acids is 1. The molecule has 0 saturated carbocycles. The lowest BCUT2D eigenvalue weighted by atomic mass is 10.2. The highest BCUT2D eigenvalue weighted by molar-refractivity contribution is 6.30. The van der Waals surface area contributed by atoms with Gasteiger partial charge < -0.3 is 14.6 Å². The van der Waals surface area contributed by atoms with Crippen LogP contribution in [0.4, 0.5) is 0 Å². The number of rotatable bonds is 6. The third kappa shape index (κ3) is 4.99. The maximum Gasteiger partial charge on any atom is 0.251 e. The molecule has 6 heteroatoms. The van der Waals surface area contributed by atoms with Gasteiger partial charge in [-0.1, -0.05) is 41.9 Å². The van der Waals surface area contributed by atoms with Gasteiger partial charge in [-0.3, -0.25) is 9.59 Å². The number of aromatic nitrogens is 1. The minimum absolute atomic E-state index is 0.222. The first-order valence-electron chi connectivity index (χ1n) is 8.43. The minimum Gasteiger partial charge on any atom is -0.483 e. The topological polar surface area (TPSA) is 60.3 Å². The number of hydrogen-bond donors (Lipinski definition) is 1. The van der Waals surface area contributed by atoms with Crippen molar-refractivity contribution in [3.8, 4) is 5.75 Å². The lowest BCUT2D eigenvalue weighted by molar-refractivity contribution is 0.0950. The zero-order valence-electron chi connectivity index (χ0n) is 14.8. The van der Waals surface area contributed by atoms with Crippen LogP contribution in [0.2, 0.25) is 5.02 Å². The molecule has 1 amide bonds. The molecular weight excluding hydrogens is 364 g/mol. The highest BCUT2D eigenvalue weighted by Gasteiger charge is 2.09. The molecule has 1 heterocycles. The normalized spacial score (nSPS) is 10.4. The fraction of sp³-hybridized carbons (Fsp3) is 0.143. The summed E-state index contributed by atoms with van der Waals surface area (Å²) in [6.07, 6.45) is 1.63. The van der Waals surface area contributed by atoms with Gasteiger partial charge in [-0.2, -0.15) is 0 Å². The quantitative estimate of drug-likeness (QED) is 0.709. The van der Waals surface area contributed by atoms with Crippen molar-refractivity contribution in [1.82, 2.24) is 9.88 Å². The Labute approximate surface area is 162 Å². The molecule has 1 N–H and O–H groups in total. The molecule has 0 fully saturated rings. The molecule has 0 bridgehead atoms. The van der Waals surface area contributed by atoms with Gasteiger partial charge in [0, 0.05) is 29.4 Å². The number of amides is 1. The number of aryl methyl sites for hydroxylation is 1. The van der Waals surface area contributed by atoms with Crippen LogP contribution in [0, 0.1) is 0 Å². The number of ether oxygens (including phenoxy) is 1. The van der Waals surface area contributed by atoms with Crippen LogP contribution in [-0.2, 0) is 20.2 Å². The molecule has 0 unspecified atom stereocenters. The lowest BCUT2D eigenvalue weighted by Crippen LogP contribution is -2.25. The summed E-state index contributed by atoms with van der Waals surface area (Å²) >= 11 is 5.83. The van der Waals surface area contributed by atoms with Gasteiger partial charge in [0.2, 0.25) is 5.43 Å². The molecule has 138 valence electrons. The fourth-order valence-electron chi connectivity index (χ4n) is 2.54. The Balaban J connectivity index is 1.64. The number of halogens is 1. The SMILES string of the molecule is Cn1cc(OCc2ccccc2)c(=O)cc1CNC(=O)c1ccc(Cl)cc1. The van der Waals surface area contributed by atoms with Gasteiger partial charge >= 0.3 is 0 Å². The van der Waals surface area contributed by atoms with Crippen LogP contribution in [0.25, 0.3) is 0 Å². The Bertz CT molecular complexity index is 983. The summed E-state index contributed by atoms with van der Waals surface area (Å²) < 4.78 is 7.40. The van der Waals surface area contributed by atoms with Crippen LogP contribution >= 0.6 is 11.6 Å². The van der Waals surface area contributed by atoms with Gasteiger partial charge in [0.1, 0.15) is 6.61 Å². The summed E-state index contributed by atoms with van der Waals surface area (Å²) in [6, 6.07) is 17.7. The number of nitrogens with zero attached hydrogens (tertiary/aromatic N) is 1. The molecule has 2 aromatic carbocycles. The molecule has 27 heavy (non-hydrogen) atoms. The Kier molecular flexibility index (Phi) is 5.94. The molecule has 3 rings (SSSR count). The number of pyridine rings is 1. The predicted octanol–water partition coefficient (Wildman–Crippen LogP) is 3.55. The Hall–Kier alpha value is -3.05. The van der Waals surface area contributed by atoms with Crippen molar-refractivity contribution >= 4 is 17.5 Å². The maximum absolute atomic E-state index is 12.3. The molecular formula is C21H19ClN2O3. The minimum atomic E-state index is -0.233. The van der Waals surface area contributed by atoms with E-state index < -0.39 is 0 Å². The average molecular weight is 383 g/mol. The second-order valence-corrected chi connectivity index (χ2v) is 6.50. The van der Waals surface area contributed by atoms with Crippen LogP contribution in [0.1, 0.15) is 21.6 Å². The third-order valence-electron chi connectivity index (χ3n) is 4.08. The first kappa shape index (κ1) is 18.7. The Morgan fingerprint density at radius 3 is 2.52 bits per heavy atom. The molecule has 3 aromatic rings. The van der Waals surface area contributed by atoms with E-state index in [-0.39, 0.29) is 23.6 Å². The standard InChI is InChI=1S/C21H19ClN2O3/c1-24-13-20(27-14-15-5-3-2-4-6-15)19(25)11-18(24)12-23-21(26)16-7-9-17(22)10-8-16/h2-11,13H,12,14H2,1H3,(H,23,26). The van der Waals surface area contributed by atoms with Gasteiger partial charge in [-0.25, -0.2) is 0 Å². The van der Waals surface area contributed by atoms with Gasteiger partial charge in [0.15, 0.2) is 5.75 Å². The van der Waals surface area contributed by atoms with Crippen molar-refractivity contribution in [3.05, 3.63) is 98.9 Å². The predicted molar refractivity (Wildman–Crippen MR) is 105 cm³/mol. The van der Waals surface area contributed by atoms with Crippen LogP contribution < -0.4 is 15.5 Å². The van der Waals surface area contributed by atoms with Crippen LogP contribution in [0.3, 0.4) is 0 Å². The largest absolute Gasteiger partial charge is 0.483 e. The van der Waals surface area contributed by atoms with Crippen LogP contribution in [-0.4, -0.2) is 10.5 Å². The second kappa shape index (κ2) is 8.56. The van der Waals surface area contributed by atoms with E-state index in [4.69, 9.17) is 16.3 Å². The van der Waals surface area contributed by atoms with E-state index in [0.29, 0.717) is 22.9 Å². The van der Waals surface area contributed by atoms with Crippen molar-refractivity contribution < 1.29 is 9.53 Å². The molecule has 0 radical (unpaired) electrons. The monoisotopic (exact) mass is 382 g/mol. The van der Waals surface area contributed by atoms with Crippen LogP contribution in [0.15, 0.2) is 71.7 Å². The van der Waals surface area contributed by atoms with E-state index in [2.05, 4.69) is 5.32 Å². The molecule has 0 spiro atoms. The number of nitrogens with one attached hydrogen (secondary N) is 1. The van der Waals surface area contributed by atoms with Crippen molar-refractivity contribution in [3.63, 3.8) is 0 Å². The van der Waals surface area contributed by atoms with E-state index in [0.717, 1.165) is 5.56 Å². The number of carbonyl (C=O) groups is 1. The first-order valence-corrected chi connectivity index (χ1v) is 8.81. The van der Waals surface area contributed by atoms with Crippen molar-refractivity contribution in [1.29, 1.82) is 0 Å². The number of hydrogen-bond acceptors (Lipinski definition) is 3. The summed E-state index contributed by atoms with van der Waals surface area (Å²) in [5.41, 5.74) is 1.94. The lowest BCUT2D eigenvalue weighted by Gasteiger charge is -2.13. The van der Waals surface area contributed by atoms with E-state index in [1.165, 1.54) is 6.07 Å². The summed E-state index contributed by atoms with van der Waals surface area (Å²) in [5.74, 6) is 0.0395. The maximum atomic E-state index is 12.3. The highest BCUT2D eigenvalue weighted by Crippen LogP contribution is 2.11. The van der Waals surface area contributed by atoms with Crippen molar-refractivity contribution in [2.24, 2.45) is 7.05 Å². The van der Waals surface area contributed by atoms with Gasteiger partial charge in [0.05, 0.1) is 12.7 Å². The number of benzene rings is 2. The Morgan fingerprint density at radius 1 is 1.11 bits per heavy atom. The van der Waals surface area contributed by atoms with E-state index in [1.54, 1.807) is 42.1 Å². The van der Waals surface area contributed by atoms with Gasteiger partial charge in [0.25, 0.3) is 5.91 Å². The second-order valence-electron chi connectivity index (χ2n) is 6.07.